The van der Waals surface area contributed by atoms with Gasteiger partial charge in [0.05, 0.1) is 0 Å². The Hall–Kier alpha value is 0.327. The van der Waals surface area contributed by atoms with Gasteiger partial charge in [-0.2, -0.15) is 0 Å². The molecule has 0 rings (SSSR count). The maximum Gasteiger partial charge on any atom is 0.466 e. The van der Waals surface area contributed by atoms with Gasteiger partial charge >= 0.3 is 7.82 Å². The van der Waals surface area contributed by atoms with Gasteiger partial charge in [-0.1, -0.05) is 33.9 Å². The van der Waals surface area contributed by atoms with Gasteiger partial charge < -0.3 is 14.7 Å². The molecule has 0 aromatic carbocycles. The third-order valence-corrected chi connectivity index (χ3v) is 5.20. The van der Waals surface area contributed by atoms with Gasteiger partial charge in [-0.25, -0.2) is 4.57 Å². The van der Waals surface area contributed by atoms with Crippen LogP contribution in [0.2, 0.25) is 18.1 Å². The van der Waals surface area contributed by atoms with Gasteiger partial charge in [0.2, 0.25) is 0 Å². The van der Waals surface area contributed by atoms with Gasteiger partial charge in [0.15, 0.2) is 0 Å². The topological polar surface area (TPSA) is 77.8 Å². The van der Waals surface area contributed by atoms with E-state index in [1.807, 2.05) is 0 Å². The molecule has 0 aliphatic rings. The third-order valence-electron chi connectivity index (χ3n) is 1.73. The highest BCUT2D eigenvalue weighted by Gasteiger charge is 2.15. The summed E-state index contributed by atoms with van der Waals surface area (Å²) in [5.74, 6) is 0. The van der Waals surface area contributed by atoms with E-state index in [4.69, 9.17) is 19.2 Å². The van der Waals surface area contributed by atoms with Gasteiger partial charge in [-0.3, -0.25) is 0 Å². The molecular formula is C6H19O4PSi. The molecule has 6 heteroatoms. The van der Waals surface area contributed by atoms with Crippen LogP contribution in [0, 0.1) is 0 Å². The molecule has 0 aromatic rings. The van der Waals surface area contributed by atoms with Crippen molar-refractivity contribution in [3.63, 3.8) is 0 Å². The first-order valence-corrected chi connectivity index (χ1v) is 8.18. The molecule has 0 aromatic heterocycles. The quantitative estimate of drug-likeness (QED) is 0.420. The lowest BCUT2D eigenvalue weighted by atomic mass is 10.2. The minimum Gasteiger partial charge on any atom is -0.303 e. The lowest BCUT2D eigenvalue weighted by Gasteiger charge is -2.21. The summed E-state index contributed by atoms with van der Waals surface area (Å²) in [5, 5.41) is 0.639. The Morgan fingerprint density at radius 2 is 1.17 bits per heavy atom. The van der Waals surface area contributed by atoms with E-state index in [9.17, 15) is 0 Å². The molecule has 0 radical (unpaired) electrons. The molecule has 0 fully saturated rings. The van der Waals surface area contributed by atoms with Crippen molar-refractivity contribution < 1.29 is 19.2 Å². The zero-order valence-electron chi connectivity index (χ0n) is 8.27. The fourth-order valence-corrected chi connectivity index (χ4v) is 0. The molecule has 0 atom stereocenters. The Labute approximate surface area is 75.5 Å². The van der Waals surface area contributed by atoms with Gasteiger partial charge in [-0.05, 0) is 5.04 Å². The van der Waals surface area contributed by atoms with E-state index >= 15 is 0 Å². The standard InChI is InChI=1S/C6H16Si.H3O4P/c1-6(2,3)7(4)5;1-5(2,3)4/h7H,1-5H3;(H3,1,2,3,4). The first-order valence-electron chi connectivity index (χ1n) is 3.73. The van der Waals surface area contributed by atoms with Crippen molar-refractivity contribution in [1.82, 2.24) is 0 Å². The molecule has 0 aliphatic carbocycles. The van der Waals surface area contributed by atoms with E-state index in [2.05, 4.69) is 33.9 Å². The lowest BCUT2D eigenvalue weighted by molar-refractivity contribution is 0.275. The molecule has 0 spiro atoms. The van der Waals surface area contributed by atoms with E-state index < -0.39 is 7.82 Å². The minimum atomic E-state index is -4.64. The van der Waals surface area contributed by atoms with Crippen LogP contribution in [0.3, 0.4) is 0 Å². The van der Waals surface area contributed by atoms with Crippen LogP contribution in [0.15, 0.2) is 0 Å². The van der Waals surface area contributed by atoms with Crippen LogP contribution in [0.25, 0.3) is 0 Å². The zero-order chi connectivity index (χ0) is 10.6. The maximum absolute atomic E-state index is 8.88. The van der Waals surface area contributed by atoms with Gasteiger partial charge in [-0.15, -0.1) is 0 Å². The average Bonchev–Trinajstić information content (AvgIpc) is 1.55. The summed E-state index contributed by atoms with van der Waals surface area (Å²) < 4.78 is 8.88. The van der Waals surface area contributed by atoms with E-state index in [0.29, 0.717) is 5.04 Å². The minimum absolute atomic E-state index is 0.359. The van der Waals surface area contributed by atoms with E-state index in [1.54, 1.807) is 0 Å². The fourth-order valence-electron chi connectivity index (χ4n) is 0. The van der Waals surface area contributed by atoms with Crippen LogP contribution < -0.4 is 0 Å². The largest absolute Gasteiger partial charge is 0.466 e. The summed E-state index contributed by atoms with van der Waals surface area (Å²) in [6.07, 6.45) is 0. The Balaban J connectivity index is 0. The second kappa shape index (κ2) is 5.14. The van der Waals surface area contributed by atoms with Crippen molar-refractivity contribution in [2.24, 2.45) is 0 Å². The molecule has 0 heterocycles. The number of rotatable bonds is 0. The van der Waals surface area contributed by atoms with Crippen LogP contribution in [-0.4, -0.2) is 23.5 Å². The zero-order valence-corrected chi connectivity index (χ0v) is 10.3. The molecule has 0 unspecified atom stereocenters. The van der Waals surface area contributed by atoms with E-state index in [0.717, 1.165) is 0 Å². The normalized spacial score (nSPS) is 12.4. The van der Waals surface area contributed by atoms with Gasteiger partial charge in [0.1, 0.15) is 0 Å². The molecule has 0 saturated carbocycles. The summed E-state index contributed by atoms with van der Waals surface area (Å²) in [7, 11) is -5.00. The molecule has 0 aliphatic heterocycles. The van der Waals surface area contributed by atoms with Crippen LogP contribution in [-0.2, 0) is 4.57 Å². The van der Waals surface area contributed by atoms with Crippen LogP contribution in [0.5, 0.6) is 0 Å². The predicted octanol–water partition coefficient (Wildman–Crippen LogP) is 1.34. The molecule has 12 heavy (non-hydrogen) atoms. The Morgan fingerprint density at radius 1 is 1.08 bits per heavy atom. The fraction of sp³-hybridized carbons (Fsp3) is 1.00. The van der Waals surface area contributed by atoms with Crippen molar-refractivity contribution in [1.29, 1.82) is 0 Å². The second-order valence-electron chi connectivity index (χ2n) is 4.03. The van der Waals surface area contributed by atoms with Crippen LogP contribution >= 0.6 is 7.82 Å². The Kier molecular flexibility index (Phi) is 6.35. The summed E-state index contributed by atoms with van der Waals surface area (Å²) in [6, 6.07) is 0. The van der Waals surface area contributed by atoms with Gasteiger partial charge in [0.25, 0.3) is 0 Å². The average molecular weight is 214 g/mol. The molecule has 0 saturated heterocycles. The van der Waals surface area contributed by atoms with E-state index in [1.165, 1.54) is 0 Å². The maximum atomic E-state index is 8.88. The molecule has 0 bridgehead atoms. The monoisotopic (exact) mass is 214 g/mol. The number of hydrogen-bond acceptors (Lipinski definition) is 1. The second-order valence-corrected chi connectivity index (χ2v) is 9.10. The van der Waals surface area contributed by atoms with Crippen molar-refractivity contribution in [3.05, 3.63) is 0 Å². The Morgan fingerprint density at radius 3 is 1.17 bits per heavy atom. The number of hydrogen-bond donors (Lipinski definition) is 3. The molecular weight excluding hydrogens is 195 g/mol. The predicted molar refractivity (Wildman–Crippen MR) is 52.9 cm³/mol. The molecule has 76 valence electrons. The van der Waals surface area contributed by atoms with Crippen LogP contribution in [0.4, 0.5) is 0 Å². The highest BCUT2D eigenvalue weighted by molar-refractivity contribution is 7.45. The van der Waals surface area contributed by atoms with Crippen molar-refractivity contribution in [3.8, 4) is 0 Å². The van der Waals surface area contributed by atoms with Crippen molar-refractivity contribution in [2.75, 3.05) is 0 Å². The summed E-state index contributed by atoms with van der Waals surface area (Å²) >= 11 is 0. The molecule has 4 nitrogen and oxygen atoms in total. The molecule has 0 amide bonds. The number of phosphoric acid groups is 1. The summed E-state index contributed by atoms with van der Waals surface area (Å²) in [5.41, 5.74) is 0. The van der Waals surface area contributed by atoms with E-state index in [-0.39, 0.29) is 8.80 Å². The van der Waals surface area contributed by atoms with Crippen molar-refractivity contribution in [2.45, 2.75) is 38.9 Å². The highest BCUT2D eigenvalue weighted by Crippen LogP contribution is 2.26. The smallest absolute Gasteiger partial charge is 0.303 e. The van der Waals surface area contributed by atoms with Gasteiger partial charge in [0, 0.05) is 8.80 Å². The summed E-state index contributed by atoms with van der Waals surface area (Å²) in [4.78, 5) is 21.6. The first-order chi connectivity index (χ1) is 4.94. The highest BCUT2D eigenvalue weighted by atomic mass is 31.2. The van der Waals surface area contributed by atoms with Crippen LogP contribution in [0.1, 0.15) is 20.8 Å². The lowest BCUT2D eigenvalue weighted by Crippen LogP contribution is -2.16. The SMILES string of the molecule is C[SiH](C)C(C)(C)C.O=P(O)(O)O. The first kappa shape index (κ1) is 14.8. The van der Waals surface area contributed by atoms with Crippen molar-refractivity contribution >= 4 is 16.6 Å². The molecule has 3 N–H and O–H groups in total. The Bertz CT molecular complexity index is 149. The third kappa shape index (κ3) is 22.4. The summed E-state index contributed by atoms with van der Waals surface area (Å²) in [6.45, 7) is 11.7.